The van der Waals surface area contributed by atoms with E-state index in [2.05, 4.69) is 34.2 Å². The maximum Gasteiger partial charge on any atom is 0.175 e. The number of furan rings is 1. The van der Waals surface area contributed by atoms with Gasteiger partial charge in [0.1, 0.15) is 5.76 Å². The third-order valence-corrected chi connectivity index (χ3v) is 4.03. The maximum absolute atomic E-state index is 5.75. The van der Waals surface area contributed by atoms with Crippen LogP contribution in [0, 0.1) is 0 Å². The van der Waals surface area contributed by atoms with Gasteiger partial charge >= 0.3 is 0 Å². The van der Waals surface area contributed by atoms with Gasteiger partial charge in [0, 0.05) is 13.0 Å². The molecule has 0 saturated carbocycles. The summed E-state index contributed by atoms with van der Waals surface area (Å²) in [6.45, 7) is 4.20. The van der Waals surface area contributed by atoms with Crippen molar-refractivity contribution in [1.29, 1.82) is 0 Å². The van der Waals surface area contributed by atoms with Crippen molar-refractivity contribution in [2.24, 2.45) is 0 Å². The van der Waals surface area contributed by atoms with Crippen LogP contribution in [0.5, 0.6) is 11.5 Å². The van der Waals surface area contributed by atoms with E-state index >= 15 is 0 Å². The molecule has 0 spiro atoms. The molecule has 5 heteroatoms. The molecule has 1 aromatic heterocycles. The number of fused-ring (bicyclic) bond motifs is 1. The van der Waals surface area contributed by atoms with Crippen molar-refractivity contribution in [3.8, 4) is 11.5 Å². The van der Waals surface area contributed by atoms with Crippen molar-refractivity contribution in [3.63, 3.8) is 0 Å². The first-order chi connectivity index (χ1) is 10.2. The zero-order valence-corrected chi connectivity index (χ0v) is 13.5. The molecule has 1 aliphatic heterocycles. The predicted molar refractivity (Wildman–Crippen MR) is 83.7 cm³/mol. The van der Waals surface area contributed by atoms with Gasteiger partial charge in [-0.05, 0) is 52.7 Å². The van der Waals surface area contributed by atoms with Crippen LogP contribution in [0.25, 0.3) is 0 Å². The average molecular weight is 352 g/mol. The van der Waals surface area contributed by atoms with Crippen LogP contribution in [0.1, 0.15) is 30.7 Å². The molecular weight excluding hydrogens is 334 g/mol. The Morgan fingerprint density at radius 3 is 2.95 bits per heavy atom. The summed E-state index contributed by atoms with van der Waals surface area (Å²) in [5, 5.41) is 3.44. The number of nitrogens with one attached hydrogen (secondary N) is 1. The third kappa shape index (κ3) is 3.41. The van der Waals surface area contributed by atoms with Crippen molar-refractivity contribution >= 4 is 15.9 Å². The predicted octanol–water partition coefficient (Wildman–Crippen LogP) is 4.05. The first-order valence-electron chi connectivity index (χ1n) is 7.09. The summed E-state index contributed by atoms with van der Waals surface area (Å²) in [5.41, 5.74) is 1.14. The van der Waals surface area contributed by atoms with Crippen LogP contribution in [0.2, 0.25) is 0 Å². The number of hydrogen-bond donors (Lipinski definition) is 1. The number of halogens is 1. The molecule has 112 valence electrons. The van der Waals surface area contributed by atoms with Gasteiger partial charge in [-0.15, -0.1) is 0 Å². The summed E-state index contributed by atoms with van der Waals surface area (Å²) < 4.78 is 17.8. The fourth-order valence-electron chi connectivity index (χ4n) is 2.30. The van der Waals surface area contributed by atoms with E-state index in [0.717, 1.165) is 40.3 Å². The number of rotatable bonds is 4. The standard InChI is InChI=1S/C16H18BrNO3/c1-11(14-4-2-5-19-14)18-10-12-8-13(17)16-15(9-12)20-6-3-7-21-16/h2,4-5,8-9,11,18H,3,6-7,10H2,1H3/t11-/m0/s1. The minimum absolute atomic E-state index is 0.162. The lowest BCUT2D eigenvalue weighted by Gasteiger charge is -2.14. The summed E-state index contributed by atoms with van der Waals surface area (Å²) in [4.78, 5) is 0. The minimum atomic E-state index is 0.162. The highest BCUT2D eigenvalue weighted by atomic mass is 79.9. The van der Waals surface area contributed by atoms with Gasteiger partial charge < -0.3 is 19.2 Å². The summed E-state index contributed by atoms with van der Waals surface area (Å²) >= 11 is 3.56. The third-order valence-electron chi connectivity index (χ3n) is 3.44. The highest BCUT2D eigenvalue weighted by molar-refractivity contribution is 9.10. The minimum Gasteiger partial charge on any atom is -0.490 e. The first-order valence-corrected chi connectivity index (χ1v) is 7.88. The van der Waals surface area contributed by atoms with Gasteiger partial charge in [-0.1, -0.05) is 0 Å². The van der Waals surface area contributed by atoms with Gasteiger partial charge in [-0.2, -0.15) is 0 Å². The van der Waals surface area contributed by atoms with Crippen LogP contribution in [0.15, 0.2) is 39.4 Å². The largest absolute Gasteiger partial charge is 0.490 e. The second-order valence-electron chi connectivity index (χ2n) is 5.07. The number of hydrogen-bond acceptors (Lipinski definition) is 4. The quantitative estimate of drug-likeness (QED) is 0.902. The van der Waals surface area contributed by atoms with Crippen LogP contribution >= 0.6 is 15.9 Å². The van der Waals surface area contributed by atoms with E-state index < -0.39 is 0 Å². The molecule has 1 atom stereocenters. The molecule has 1 aromatic carbocycles. The molecule has 0 aliphatic carbocycles. The Balaban J connectivity index is 1.71. The smallest absolute Gasteiger partial charge is 0.175 e. The molecule has 0 fully saturated rings. The summed E-state index contributed by atoms with van der Waals surface area (Å²) in [5.74, 6) is 2.54. The lowest BCUT2D eigenvalue weighted by molar-refractivity contribution is 0.296. The van der Waals surface area contributed by atoms with E-state index in [1.54, 1.807) is 6.26 Å². The molecule has 0 saturated heterocycles. The van der Waals surface area contributed by atoms with Gasteiger partial charge in [-0.25, -0.2) is 0 Å². The lowest BCUT2D eigenvalue weighted by Crippen LogP contribution is -2.17. The van der Waals surface area contributed by atoms with Gasteiger partial charge in [0.25, 0.3) is 0 Å². The number of benzene rings is 1. The summed E-state index contributed by atoms with van der Waals surface area (Å²) in [6.07, 6.45) is 2.60. The van der Waals surface area contributed by atoms with Crippen LogP contribution < -0.4 is 14.8 Å². The van der Waals surface area contributed by atoms with Crippen molar-refractivity contribution in [3.05, 3.63) is 46.3 Å². The Morgan fingerprint density at radius 2 is 2.14 bits per heavy atom. The molecule has 0 bridgehead atoms. The van der Waals surface area contributed by atoms with Crippen LogP contribution in [0.3, 0.4) is 0 Å². The van der Waals surface area contributed by atoms with E-state index in [0.29, 0.717) is 13.2 Å². The fraction of sp³-hybridized carbons (Fsp3) is 0.375. The van der Waals surface area contributed by atoms with E-state index in [4.69, 9.17) is 13.9 Å². The molecule has 2 aromatic rings. The summed E-state index contributed by atoms with van der Waals surface area (Å²) in [6, 6.07) is 8.14. The highest BCUT2D eigenvalue weighted by Gasteiger charge is 2.16. The molecule has 1 aliphatic rings. The lowest BCUT2D eigenvalue weighted by atomic mass is 10.1. The molecule has 1 N–H and O–H groups in total. The van der Waals surface area contributed by atoms with Crippen molar-refractivity contribution < 1.29 is 13.9 Å². The molecule has 2 heterocycles. The van der Waals surface area contributed by atoms with Gasteiger partial charge in [-0.3, -0.25) is 0 Å². The van der Waals surface area contributed by atoms with E-state index in [1.165, 1.54) is 0 Å². The SMILES string of the molecule is C[C@H](NCc1cc(Br)c2c(c1)OCCCO2)c1ccco1. The Morgan fingerprint density at radius 1 is 1.29 bits per heavy atom. The first kappa shape index (κ1) is 14.5. The van der Waals surface area contributed by atoms with Gasteiger partial charge in [0.2, 0.25) is 0 Å². The normalized spacial score (nSPS) is 15.5. The molecule has 0 radical (unpaired) electrons. The highest BCUT2D eigenvalue weighted by Crippen LogP contribution is 2.38. The van der Waals surface area contributed by atoms with Crippen LogP contribution in [0.4, 0.5) is 0 Å². The second-order valence-corrected chi connectivity index (χ2v) is 5.93. The number of ether oxygens (including phenoxy) is 2. The molecular formula is C16H18BrNO3. The van der Waals surface area contributed by atoms with Gasteiger partial charge in [0.05, 0.1) is 30.0 Å². The topological polar surface area (TPSA) is 43.6 Å². The molecule has 4 nitrogen and oxygen atoms in total. The Bertz CT molecular complexity index is 598. The summed E-state index contributed by atoms with van der Waals surface area (Å²) in [7, 11) is 0. The zero-order valence-electron chi connectivity index (χ0n) is 11.9. The van der Waals surface area contributed by atoms with Crippen LogP contribution in [-0.2, 0) is 6.54 Å². The monoisotopic (exact) mass is 351 g/mol. The maximum atomic E-state index is 5.75. The van der Waals surface area contributed by atoms with Crippen LogP contribution in [-0.4, -0.2) is 13.2 Å². The Kier molecular flexibility index (Phi) is 4.51. The van der Waals surface area contributed by atoms with Crippen molar-refractivity contribution in [1.82, 2.24) is 5.32 Å². The second kappa shape index (κ2) is 6.54. The van der Waals surface area contributed by atoms with E-state index in [-0.39, 0.29) is 6.04 Å². The van der Waals surface area contributed by atoms with Crippen molar-refractivity contribution in [2.45, 2.75) is 25.9 Å². The van der Waals surface area contributed by atoms with Crippen molar-refractivity contribution in [2.75, 3.05) is 13.2 Å². The zero-order chi connectivity index (χ0) is 14.7. The molecule has 0 amide bonds. The Labute approximate surface area is 132 Å². The molecule has 21 heavy (non-hydrogen) atoms. The van der Waals surface area contributed by atoms with E-state index in [9.17, 15) is 0 Å². The molecule has 3 rings (SSSR count). The average Bonchev–Trinajstić information content (AvgIpc) is 2.91. The van der Waals surface area contributed by atoms with Gasteiger partial charge in [0.15, 0.2) is 11.5 Å². The fourth-order valence-corrected chi connectivity index (χ4v) is 2.90. The van der Waals surface area contributed by atoms with E-state index in [1.807, 2.05) is 18.2 Å². The Hall–Kier alpha value is -1.46. The molecule has 0 unspecified atom stereocenters.